The minimum atomic E-state index is -0.103. The van der Waals surface area contributed by atoms with Crippen LogP contribution in [-0.2, 0) is 11.8 Å². The molecule has 0 aliphatic carbocycles. The van der Waals surface area contributed by atoms with E-state index in [2.05, 4.69) is 31.0 Å². The minimum absolute atomic E-state index is 0.00481. The Morgan fingerprint density at radius 3 is 2.53 bits per heavy atom. The second kappa shape index (κ2) is 5.72. The average molecular weight is 275 g/mol. The van der Waals surface area contributed by atoms with E-state index in [1.54, 1.807) is 12.4 Å². The number of hydrogen-bond donors (Lipinski definition) is 1. The van der Waals surface area contributed by atoms with Gasteiger partial charge in [-0.2, -0.15) is 0 Å². The van der Waals surface area contributed by atoms with E-state index in [1.165, 1.54) is 5.56 Å². The van der Waals surface area contributed by atoms with E-state index < -0.39 is 0 Å². The second-order valence-corrected chi connectivity index (χ2v) is 5.77. The standard InChI is InChI=1S/C16H19ClN2/c1-16(2,13-6-4-3-5-7-13)15(18)10-12-8-9-19-11-14(12)17/h3-9,11,15H,10,18H2,1-2H3. The lowest BCUT2D eigenvalue weighted by molar-refractivity contribution is 0.406. The first-order chi connectivity index (χ1) is 9.01. The number of rotatable bonds is 4. The molecule has 100 valence electrons. The number of aromatic nitrogens is 1. The molecule has 0 bridgehead atoms. The summed E-state index contributed by atoms with van der Waals surface area (Å²) >= 11 is 6.15. The maximum atomic E-state index is 6.41. The van der Waals surface area contributed by atoms with Gasteiger partial charge in [0.15, 0.2) is 0 Å². The Balaban J connectivity index is 2.20. The van der Waals surface area contributed by atoms with Crippen LogP contribution in [0.5, 0.6) is 0 Å². The lowest BCUT2D eigenvalue weighted by Gasteiger charge is -2.32. The number of benzene rings is 1. The highest BCUT2D eigenvalue weighted by atomic mass is 35.5. The summed E-state index contributed by atoms with van der Waals surface area (Å²) in [4.78, 5) is 4.00. The van der Waals surface area contributed by atoms with Gasteiger partial charge in [0.1, 0.15) is 0 Å². The predicted molar refractivity (Wildman–Crippen MR) is 80.4 cm³/mol. The van der Waals surface area contributed by atoms with Crippen molar-refractivity contribution in [3.05, 3.63) is 64.9 Å². The first-order valence-electron chi connectivity index (χ1n) is 6.41. The average Bonchev–Trinajstić information content (AvgIpc) is 2.42. The second-order valence-electron chi connectivity index (χ2n) is 5.37. The van der Waals surface area contributed by atoms with Gasteiger partial charge in [0.25, 0.3) is 0 Å². The van der Waals surface area contributed by atoms with Crippen LogP contribution in [0.25, 0.3) is 0 Å². The molecule has 1 aromatic heterocycles. The van der Waals surface area contributed by atoms with Gasteiger partial charge in [0.05, 0.1) is 5.02 Å². The number of nitrogens with zero attached hydrogens (tertiary/aromatic N) is 1. The van der Waals surface area contributed by atoms with Crippen molar-refractivity contribution in [1.82, 2.24) is 4.98 Å². The van der Waals surface area contributed by atoms with Crippen molar-refractivity contribution >= 4 is 11.6 Å². The fourth-order valence-corrected chi connectivity index (χ4v) is 2.34. The molecule has 1 aromatic carbocycles. The Labute approximate surface area is 119 Å². The molecule has 2 rings (SSSR count). The monoisotopic (exact) mass is 274 g/mol. The summed E-state index contributed by atoms with van der Waals surface area (Å²) < 4.78 is 0. The smallest absolute Gasteiger partial charge is 0.0621 e. The molecule has 0 fully saturated rings. The number of hydrogen-bond acceptors (Lipinski definition) is 2. The summed E-state index contributed by atoms with van der Waals surface area (Å²) in [5, 5.41) is 0.682. The molecular formula is C16H19ClN2. The van der Waals surface area contributed by atoms with Gasteiger partial charge in [-0.3, -0.25) is 4.98 Å². The molecule has 0 spiro atoms. The molecular weight excluding hydrogens is 256 g/mol. The highest BCUT2D eigenvalue weighted by Gasteiger charge is 2.28. The number of nitrogens with two attached hydrogens (primary N) is 1. The van der Waals surface area contributed by atoms with E-state index in [4.69, 9.17) is 17.3 Å². The third kappa shape index (κ3) is 3.14. The van der Waals surface area contributed by atoms with Gasteiger partial charge in [0.2, 0.25) is 0 Å². The zero-order valence-corrected chi connectivity index (χ0v) is 12.1. The summed E-state index contributed by atoms with van der Waals surface area (Å²) in [6.07, 6.45) is 4.16. The highest BCUT2D eigenvalue weighted by Crippen LogP contribution is 2.28. The van der Waals surface area contributed by atoms with Crippen molar-refractivity contribution in [3.8, 4) is 0 Å². The molecule has 19 heavy (non-hydrogen) atoms. The summed E-state index contributed by atoms with van der Waals surface area (Å²) in [7, 11) is 0. The fourth-order valence-electron chi connectivity index (χ4n) is 2.14. The predicted octanol–water partition coefficient (Wildman–Crippen LogP) is 3.58. The van der Waals surface area contributed by atoms with Crippen molar-refractivity contribution in [1.29, 1.82) is 0 Å². The van der Waals surface area contributed by atoms with Crippen LogP contribution in [0.1, 0.15) is 25.0 Å². The van der Waals surface area contributed by atoms with Gasteiger partial charge in [-0.1, -0.05) is 55.8 Å². The van der Waals surface area contributed by atoms with Crippen molar-refractivity contribution in [2.24, 2.45) is 5.73 Å². The molecule has 0 aliphatic rings. The molecule has 0 saturated carbocycles. The third-order valence-corrected chi connectivity index (χ3v) is 4.08. The van der Waals surface area contributed by atoms with Crippen molar-refractivity contribution < 1.29 is 0 Å². The van der Waals surface area contributed by atoms with Gasteiger partial charge >= 0.3 is 0 Å². The molecule has 2 aromatic rings. The van der Waals surface area contributed by atoms with Crippen molar-refractivity contribution in [2.45, 2.75) is 31.7 Å². The number of pyridine rings is 1. The van der Waals surface area contributed by atoms with Gasteiger partial charge in [0, 0.05) is 23.9 Å². The molecule has 0 radical (unpaired) electrons. The maximum absolute atomic E-state index is 6.41. The largest absolute Gasteiger partial charge is 0.327 e. The molecule has 3 heteroatoms. The topological polar surface area (TPSA) is 38.9 Å². The molecule has 2 N–H and O–H groups in total. The Bertz CT molecular complexity index is 537. The van der Waals surface area contributed by atoms with Gasteiger partial charge in [-0.25, -0.2) is 0 Å². The quantitative estimate of drug-likeness (QED) is 0.925. The van der Waals surface area contributed by atoms with Gasteiger partial charge in [-0.05, 0) is 23.6 Å². The Morgan fingerprint density at radius 1 is 1.21 bits per heavy atom. The maximum Gasteiger partial charge on any atom is 0.0621 e. The van der Waals surface area contributed by atoms with Crippen LogP contribution in [0, 0.1) is 0 Å². The van der Waals surface area contributed by atoms with Crippen LogP contribution in [-0.4, -0.2) is 11.0 Å². The van der Waals surface area contributed by atoms with Crippen LogP contribution in [0.4, 0.5) is 0 Å². The van der Waals surface area contributed by atoms with Gasteiger partial charge < -0.3 is 5.73 Å². The Kier molecular flexibility index (Phi) is 4.23. The Hall–Kier alpha value is -1.38. The van der Waals surface area contributed by atoms with Crippen molar-refractivity contribution in [3.63, 3.8) is 0 Å². The minimum Gasteiger partial charge on any atom is -0.327 e. The van der Waals surface area contributed by atoms with Crippen LogP contribution in [0.3, 0.4) is 0 Å². The van der Waals surface area contributed by atoms with E-state index in [9.17, 15) is 0 Å². The lowest BCUT2D eigenvalue weighted by atomic mass is 9.76. The molecule has 1 atom stereocenters. The summed E-state index contributed by atoms with van der Waals surface area (Å²) in [6.45, 7) is 4.34. The summed E-state index contributed by atoms with van der Waals surface area (Å²) in [6, 6.07) is 12.3. The zero-order chi connectivity index (χ0) is 13.9. The number of halogens is 1. The van der Waals surface area contributed by atoms with Crippen LogP contribution >= 0.6 is 11.6 Å². The molecule has 1 heterocycles. The van der Waals surface area contributed by atoms with E-state index in [-0.39, 0.29) is 11.5 Å². The van der Waals surface area contributed by atoms with E-state index in [0.717, 1.165) is 12.0 Å². The molecule has 1 unspecified atom stereocenters. The van der Waals surface area contributed by atoms with Crippen LogP contribution < -0.4 is 5.73 Å². The van der Waals surface area contributed by atoms with E-state index >= 15 is 0 Å². The SMILES string of the molecule is CC(C)(c1ccccc1)C(N)Cc1ccncc1Cl. The highest BCUT2D eigenvalue weighted by molar-refractivity contribution is 6.31. The Morgan fingerprint density at radius 2 is 1.89 bits per heavy atom. The third-order valence-electron chi connectivity index (χ3n) is 3.74. The summed E-state index contributed by atoms with van der Waals surface area (Å²) in [5.74, 6) is 0. The molecule has 0 aliphatic heterocycles. The summed E-state index contributed by atoms with van der Waals surface area (Å²) in [5.41, 5.74) is 8.59. The van der Waals surface area contributed by atoms with E-state index in [1.807, 2.05) is 24.3 Å². The first-order valence-corrected chi connectivity index (χ1v) is 6.79. The fraction of sp³-hybridized carbons (Fsp3) is 0.312. The first kappa shape index (κ1) is 14.0. The van der Waals surface area contributed by atoms with E-state index in [0.29, 0.717) is 5.02 Å². The van der Waals surface area contributed by atoms with Crippen LogP contribution in [0.15, 0.2) is 48.8 Å². The van der Waals surface area contributed by atoms with Crippen LogP contribution in [0.2, 0.25) is 5.02 Å². The molecule has 0 saturated heterocycles. The van der Waals surface area contributed by atoms with Crippen molar-refractivity contribution in [2.75, 3.05) is 0 Å². The zero-order valence-electron chi connectivity index (χ0n) is 11.3. The van der Waals surface area contributed by atoms with Gasteiger partial charge in [-0.15, -0.1) is 0 Å². The molecule has 0 amide bonds. The lowest BCUT2D eigenvalue weighted by Crippen LogP contribution is -2.42. The normalized spacial score (nSPS) is 13.3. The molecule has 2 nitrogen and oxygen atoms in total.